The van der Waals surface area contributed by atoms with Crippen molar-refractivity contribution in [3.05, 3.63) is 69.1 Å². The molecule has 0 radical (unpaired) electrons. The molecule has 0 fully saturated rings. The van der Waals surface area contributed by atoms with E-state index in [1.807, 2.05) is 30.3 Å². The minimum absolute atomic E-state index is 0.0721. The van der Waals surface area contributed by atoms with Crippen LogP contribution in [0.2, 0.25) is 5.02 Å². The summed E-state index contributed by atoms with van der Waals surface area (Å²) < 4.78 is 23.8. The number of thioether (sulfide) groups is 1. The Morgan fingerprint density at radius 3 is 2.39 bits per heavy atom. The fourth-order valence-corrected chi connectivity index (χ4v) is 5.59. The van der Waals surface area contributed by atoms with Crippen molar-refractivity contribution in [1.82, 2.24) is 0 Å². The smallest absolute Gasteiger partial charge is 0.198 e. The summed E-state index contributed by atoms with van der Waals surface area (Å²) in [6, 6.07) is 12.3. The molecule has 0 amide bonds. The lowest BCUT2D eigenvalue weighted by Gasteiger charge is -2.19. The molecule has 0 spiro atoms. The average molecular weight is 435 g/mol. The van der Waals surface area contributed by atoms with E-state index in [9.17, 15) is 18.0 Å². The number of hydrogen-bond acceptors (Lipinski definition) is 5. The van der Waals surface area contributed by atoms with E-state index in [-0.39, 0.29) is 26.8 Å². The third-order valence-electron chi connectivity index (χ3n) is 4.56. The van der Waals surface area contributed by atoms with Crippen LogP contribution in [0.3, 0.4) is 0 Å². The van der Waals surface area contributed by atoms with Crippen LogP contribution in [0.25, 0.3) is 0 Å². The minimum Gasteiger partial charge on any atom is -0.294 e. The number of carbonyl (C=O) groups excluding carboxylic acids is 2. The molecule has 0 N–H and O–H groups in total. The predicted molar refractivity (Wildman–Crippen MR) is 112 cm³/mol. The molecular formula is C21H19ClO4S2. The normalized spacial score (nSPS) is 15.0. The highest BCUT2D eigenvalue weighted by atomic mass is 35.5. The molecule has 7 heteroatoms. The number of Topliss-reactive ketones (excluding diaryl/α,β-unsaturated/α-hetero) is 2. The summed E-state index contributed by atoms with van der Waals surface area (Å²) in [7, 11) is -3.46. The number of ketones is 2. The zero-order chi connectivity index (χ0) is 20.5. The lowest BCUT2D eigenvalue weighted by atomic mass is 9.91. The maximum absolute atomic E-state index is 13.2. The summed E-state index contributed by atoms with van der Waals surface area (Å²) in [5.41, 5.74) is 0.632. The van der Waals surface area contributed by atoms with Gasteiger partial charge in [-0.25, -0.2) is 8.42 Å². The Bertz CT molecular complexity index is 1090. The summed E-state index contributed by atoms with van der Waals surface area (Å²) in [6.07, 6.45) is 2.75. The van der Waals surface area contributed by atoms with Gasteiger partial charge in [-0.15, -0.1) is 0 Å². The topological polar surface area (TPSA) is 68.3 Å². The number of sulfone groups is 1. The van der Waals surface area contributed by atoms with Gasteiger partial charge < -0.3 is 0 Å². The zero-order valence-electron chi connectivity index (χ0n) is 15.5. The summed E-state index contributed by atoms with van der Waals surface area (Å²) in [6.45, 7) is 1.56. The van der Waals surface area contributed by atoms with Crippen molar-refractivity contribution in [2.24, 2.45) is 0 Å². The van der Waals surface area contributed by atoms with Gasteiger partial charge in [-0.3, -0.25) is 9.59 Å². The highest BCUT2D eigenvalue weighted by Crippen LogP contribution is 2.38. The maximum Gasteiger partial charge on any atom is 0.198 e. The van der Waals surface area contributed by atoms with Crippen molar-refractivity contribution in [2.45, 2.75) is 36.0 Å². The predicted octanol–water partition coefficient (Wildman–Crippen LogP) is 5.03. The van der Waals surface area contributed by atoms with Crippen LogP contribution in [0.4, 0.5) is 0 Å². The van der Waals surface area contributed by atoms with E-state index >= 15 is 0 Å². The molecule has 0 atom stereocenters. The fraction of sp³-hybridized carbons (Fsp3) is 0.238. The Labute approximate surface area is 173 Å². The SMILES string of the molecule is Cc1c(S(C)(=O)=O)ccc(C(=O)C2=C(Sc3ccccc3)CCCC2=O)c1Cl. The molecule has 28 heavy (non-hydrogen) atoms. The third-order valence-corrected chi connectivity index (χ3v) is 7.45. The van der Waals surface area contributed by atoms with Crippen molar-refractivity contribution in [2.75, 3.05) is 6.26 Å². The first kappa shape index (κ1) is 20.8. The van der Waals surface area contributed by atoms with Crippen LogP contribution in [0, 0.1) is 6.92 Å². The Kier molecular flexibility index (Phi) is 6.12. The molecule has 3 rings (SSSR count). The number of rotatable bonds is 5. The van der Waals surface area contributed by atoms with Crippen molar-refractivity contribution in [1.29, 1.82) is 0 Å². The highest BCUT2D eigenvalue weighted by Gasteiger charge is 2.30. The fourth-order valence-electron chi connectivity index (χ4n) is 3.18. The van der Waals surface area contributed by atoms with Crippen LogP contribution in [-0.2, 0) is 14.6 Å². The Morgan fingerprint density at radius 2 is 1.75 bits per heavy atom. The van der Waals surface area contributed by atoms with Crippen LogP contribution >= 0.6 is 23.4 Å². The van der Waals surface area contributed by atoms with Crippen LogP contribution in [0.1, 0.15) is 35.2 Å². The number of carbonyl (C=O) groups is 2. The Hall–Kier alpha value is -1.89. The van der Waals surface area contributed by atoms with Crippen LogP contribution < -0.4 is 0 Å². The van der Waals surface area contributed by atoms with E-state index in [0.717, 1.165) is 16.1 Å². The molecule has 4 nitrogen and oxygen atoms in total. The van der Waals surface area contributed by atoms with Crippen molar-refractivity contribution in [3.8, 4) is 0 Å². The van der Waals surface area contributed by atoms with E-state index in [0.29, 0.717) is 24.8 Å². The first-order valence-corrected chi connectivity index (χ1v) is 11.8. The largest absolute Gasteiger partial charge is 0.294 e. The van der Waals surface area contributed by atoms with Gasteiger partial charge >= 0.3 is 0 Å². The second-order valence-electron chi connectivity index (χ2n) is 6.64. The monoisotopic (exact) mass is 434 g/mol. The standard InChI is InChI=1S/C21H19ClO4S2/c1-13-18(28(2,25)26)12-11-15(20(13)22)21(24)19-16(23)9-6-10-17(19)27-14-7-4-3-5-8-14/h3-5,7-8,11-12H,6,9-10H2,1-2H3. The molecule has 1 aliphatic rings. The molecule has 2 aromatic rings. The summed E-state index contributed by atoms with van der Waals surface area (Å²) in [5, 5.41) is 0.0721. The van der Waals surface area contributed by atoms with Gasteiger partial charge in [-0.2, -0.15) is 0 Å². The van der Waals surface area contributed by atoms with E-state index in [4.69, 9.17) is 11.6 Å². The van der Waals surface area contributed by atoms with E-state index in [1.165, 1.54) is 23.9 Å². The average Bonchev–Trinajstić information content (AvgIpc) is 2.63. The minimum atomic E-state index is -3.46. The Balaban J connectivity index is 2.08. The lowest BCUT2D eigenvalue weighted by molar-refractivity contribution is -0.115. The van der Waals surface area contributed by atoms with Gasteiger partial charge in [0.1, 0.15) is 0 Å². The number of halogens is 1. The third kappa shape index (κ3) is 4.24. The molecule has 0 aliphatic heterocycles. The summed E-state index contributed by atoms with van der Waals surface area (Å²) in [5.74, 6) is -0.646. The molecular weight excluding hydrogens is 416 g/mol. The number of hydrogen-bond donors (Lipinski definition) is 0. The summed E-state index contributed by atoms with van der Waals surface area (Å²) in [4.78, 5) is 27.6. The van der Waals surface area contributed by atoms with Crippen LogP contribution in [0.5, 0.6) is 0 Å². The Morgan fingerprint density at radius 1 is 1.07 bits per heavy atom. The van der Waals surface area contributed by atoms with Gasteiger partial charge in [-0.1, -0.05) is 41.6 Å². The molecule has 0 heterocycles. The molecule has 0 unspecified atom stereocenters. The van der Waals surface area contributed by atoms with Crippen LogP contribution in [0.15, 0.2) is 62.7 Å². The van der Waals surface area contributed by atoms with E-state index in [2.05, 4.69) is 0 Å². The molecule has 146 valence electrons. The molecule has 2 aromatic carbocycles. The van der Waals surface area contributed by atoms with E-state index < -0.39 is 15.6 Å². The van der Waals surface area contributed by atoms with Gasteiger partial charge in [0.15, 0.2) is 21.4 Å². The molecule has 0 aromatic heterocycles. The van der Waals surface area contributed by atoms with Gasteiger partial charge in [0.2, 0.25) is 0 Å². The van der Waals surface area contributed by atoms with Crippen molar-refractivity contribution in [3.63, 3.8) is 0 Å². The second kappa shape index (κ2) is 8.23. The second-order valence-corrected chi connectivity index (χ2v) is 10.2. The van der Waals surface area contributed by atoms with Crippen molar-refractivity contribution >= 4 is 44.8 Å². The quantitative estimate of drug-likeness (QED) is 0.487. The molecule has 1 aliphatic carbocycles. The number of benzene rings is 2. The van der Waals surface area contributed by atoms with Gasteiger partial charge in [-0.05, 0) is 49.6 Å². The zero-order valence-corrected chi connectivity index (χ0v) is 17.9. The lowest BCUT2D eigenvalue weighted by Crippen LogP contribution is -2.19. The highest BCUT2D eigenvalue weighted by molar-refractivity contribution is 8.03. The first-order chi connectivity index (χ1) is 13.2. The summed E-state index contributed by atoms with van der Waals surface area (Å²) >= 11 is 7.76. The van der Waals surface area contributed by atoms with Gasteiger partial charge in [0.05, 0.1) is 15.5 Å². The van der Waals surface area contributed by atoms with Crippen LogP contribution in [-0.4, -0.2) is 26.2 Å². The maximum atomic E-state index is 13.2. The van der Waals surface area contributed by atoms with Crippen molar-refractivity contribution < 1.29 is 18.0 Å². The van der Waals surface area contributed by atoms with E-state index in [1.54, 1.807) is 6.92 Å². The van der Waals surface area contributed by atoms with Gasteiger partial charge in [0, 0.05) is 28.0 Å². The first-order valence-electron chi connectivity index (χ1n) is 8.73. The molecule has 0 saturated carbocycles. The molecule has 0 bridgehead atoms. The number of allylic oxidation sites excluding steroid dienone is 2. The van der Waals surface area contributed by atoms with Gasteiger partial charge in [0.25, 0.3) is 0 Å². The molecule has 0 saturated heterocycles.